The van der Waals surface area contributed by atoms with Crippen molar-refractivity contribution in [3.63, 3.8) is 0 Å². The second-order valence-corrected chi connectivity index (χ2v) is 3.52. The number of benzene rings is 1. The third-order valence-corrected chi connectivity index (χ3v) is 1.88. The Bertz CT molecular complexity index is 358. The molecule has 6 nitrogen and oxygen atoms in total. The molecular weight excluding hydrogens is 232 g/mol. The van der Waals surface area contributed by atoms with Gasteiger partial charge in [0.2, 0.25) is 0 Å². The summed E-state index contributed by atoms with van der Waals surface area (Å²) in [6.07, 6.45) is 0. The van der Waals surface area contributed by atoms with Crippen LogP contribution in [0.2, 0.25) is 0 Å². The van der Waals surface area contributed by atoms with Crippen molar-refractivity contribution >= 4 is 17.2 Å². The topological polar surface area (TPSA) is 90.5 Å². The van der Waals surface area contributed by atoms with Crippen LogP contribution in [0.5, 0.6) is 0 Å². The Hall–Kier alpha value is -1.28. The fourth-order valence-corrected chi connectivity index (χ4v) is 1.18. The van der Waals surface area contributed by atoms with Crippen LogP contribution in [0.15, 0.2) is 30.3 Å². The predicted molar refractivity (Wildman–Crippen MR) is 56.3 cm³/mol. The predicted octanol–water partition coefficient (Wildman–Crippen LogP) is -0.382. The Kier molecular flexibility index (Phi) is 5.65. The molecule has 1 rings (SSSR count). The summed E-state index contributed by atoms with van der Waals surface area (Å²) in [5.74, 6) is -0.694. The molecule has 1 aromatic carbocycles. The lowest BCUT2D eigenvalue weighted by Crippen LogP contribution is -2.30. The van der Waals surface area contributed by atoms with Crippen LogP contribution in [0.1, 0.15) is 5.56 Å². The van der Waals surface area contributed by atoms with Gasteiger partial charge in [-0.3, -0.25) is 4.21 Å². The van der Waals surface area contributed by atoms with E-state index in [2.05, 4.69) is 10.2 Å². The number of hydrogen-bond donors (Lipinski definition) is 2. The van der Waals surface area contributed by atoms with Gasteiger partial charge in [0.25, 0.3) is 0 Å². The molecule has 0 spiro atoms. The lowest BCUT2D eigenvalue weighted by atomic mass is 10.2. The highest BCUT2D eigenvalue weighted by Gasteiger charge is 2.01. The van der Waals surface area contributed by atoms with Crippen LogP contribution in [0.3, 0.4) is 0 Å². The molecule has 0 saturated heterocycles. The fraction of sp³-hybridized carbons (Fsp3) is 0.222. The van der Waals surface area contributed by atoms with Gasteiger partial charge in [0, 0.05) is 6.54 Å². The molecule has 1 unspecified atom stereocenters. The first kappa shape index (κ1) is 12.8. The van der Waals surface area contributed by atoms with Crippen molar-refractivity contribution in [2.24, 2.45) is 0 Å². The third kappa shape index (κ3) is 5.56. The first-order chi connectivity index (χ1) is 7.68. The summed E-state index contributed by atoms with van der Waals surface area (Å²) >= 11 is -2.60. The van der Waals surface area contributed by atoms with E-state index in [1.54, 1.807) is 0 Å². The van der Waals surface area contributed by atoms with Crippen LogP contribution in [0, 0.1) is 0 Å². The maximum absolute atomic E-state index is 10.9. The van der Waals surface area contributed by atoms with Crippen LogP contribution in [0.25, 0.3) is 0 Å². The zero-order valence-corrected chi connectivity index (χ0v) is 9.16. The van der Waals surface area contributed by atoms with Gasteiger partial charge in [-0.1, -0.05) is 35.2 Å². The van der Waals surface area contributed by atoms with Crippen LogP contribution >= 0.6 is 0 Å². The zero-order valence-electron chi connectivity index (χ0n) is 8.34. The van der Waals surface area contributed by atoms with Crippen molar-refractivity contribution < 1.29 is 18.4 Å². The lowest BCUT2D eigenvalue weighted by Gasteiger charge is -2.07. The molecule has 0 aliphatic rings. The molecule has 0 aliphatic carbocycles. The number of nitrogens with one attached hydrogen (secondary N) is 2. The van der Waals surface area contributed by atoms with Crippen LogP contribution < -0.4 is 10.2 Å². The lowest BCUT2D eigenvalue weighted by molar-refractivity contribution is -0.146. The summed E-state index contributed by atoms with van der Waals surface area (Å²) in [6.45, 7) is 0.440. The van der Waals surface area contributed by atoms with Crippen molar-refractivity contribution in [3.8, 4) is 0 Å². The highest BCUT2D eigenvalue weighted by Crippen LogP contribution is 1.96. The van der Waals surface area contributed by atoms with Crippen LogP contribution in [0.4, 0.5) is 0 Å². The van der Waals surface area contributed by atoms with Gasteiger partial charge in [0.05, 0.1) is 17.8 Å². The highest BCUT2D eigenvalue weighted by molar-refractivity contribution is 7.76. The van der Waals surface area contributed by atoms with Gasteiger partial charge in [0.1, 0.15) is 0 Å². The second-order valence-electron chi connectivity index (χ2n) is 2.88. The number of hydrogen-bond acceptors (Lipinski definition) is 5. The number of carbonyl (C=O) groups is 1. The number of rotatable bonds is 6. The SMILES string of the molecule is O=C(CNCc1ccccc1)ONS(=O)[O-]. The molecule has 0 radical (unpaired) electrons. The molecule has 2 N–H and O–H groups in total. The monoisotopic (exact) mass is 243 g/mol. The Labute approximate surface area is 95.4 Å². The molecule has 0 heterocycles. The molecular formula is C9H11N2O4S-. The minimum absolute atomic E-state index is 0.0703. The molecule has 88 valence electrons. The smallest absolute Gasteiger partial charge is 0.339 e. The minimum atomic E-state index is -2.60. The van der Waals surface area contributed by atoms with Crippen molar-refractivity contribution in [1.29, 1.82) is 0 Å². The molecule has 1 atom stereocenters. The van der Waals surface area contributed by atoms with E-state index in [-0.39, 0.29) is 6.54 Å². The molecule has 0 bridgehead atoms. The quantitative estimate of drug-likeness (QED) is 0.525. The van der Waals surface area contributed by atoms with E-state index in [4.69, 9.17) is 0 Å². The minimum Gasteiger partial charge on any atom is -0.758 e. The van der Waals surface area contributed by atoms with Crippen molar-refractivity contribution in [3.05, 3.63) is 35.9 Å². The summed E-state index contributed by atoms with van der Waals surface area (Å²) in [5.41, 5.74) is 1.02. The van der Waals surface area contributed by atoms with Crippen molar-refractivity contribution in [2.75, 3.05) is 6.54 Å². The molecule has 16 heavy (non-hydrogen) atoms. The highest BCUT2D eigenvalue weighted by atomic mass is 32.2. The summed E-state index contributed by atoms with van der Waals surface area (Å²) in [7, 11) is 0. The Morgan fingerprint density at radius 3 is 2.69 bits per heavy atom. The summed E-state index contributed by atoms with van der Waals surface area (Å²) in [6, 6.07) is 9.48. The van der Waals surface area contributed by atoms with Crippen LogP contribution in [-0.4, -0.2) is 21.3 Å². The summed E-state index contributed by atoms with van der Waals surface area (Å²) in [5, 5.41) is 2.81. The van der Waals surface area contributed by atoms with Crippen molar-refractivity contribution in [1.82, 2.24) is 10.2 Å². The first-order valence-electron chi connectivity index (χ1n) is 4.47. The van der Waals surface area contributed by atoms with Gasteiger partial charge in [-0.05, 0) is 5.56 Å². The number of carbonyl (C=O) groups excluding carboxylic acids is 1. The maximum Gasteiger partial charge on any atom is 0.339 e. The van der Waals surface area contributed by atoms with Gasteiger partial charge in [-0.15, -0.1) is 0 Å². The second kappa shape index (κ2) is 7.07. The summed E-state index contributed by atoms with van der Waals surface area (Å²) in [4.78, 5) is 16.6. The molecule has 1 aromatic rings. The standard InChI is InChI=1S/C9H12N2O4S/c12-9(15-11-16(13)14)7-10-6-8-4-2-1-3-5-8/h1-5,10-11H,6-7H2,(H,13,14)/p-1. The normalized spacial score (nSPS) is 12.1. The van der Waals surface area contributed by atoms with E-state index in [1.165, 1.54) is 4.89 Å². The molecule has 0 aliphatic heterocycles. The Morgan fingerprint density at radius 1 is 1.38 bits per heavy atom. The van der Waals surface area contributed by atoms with Gasteiger partial charge >= 0.3 is 5.97 Å². The van der Waals surface area contributed by atoms with Crippen molar-refractivity contribution in [2.45, 2.75) is 6.54 Å². The van der Waals surface area contributed by atoms with E-state index in [0.717, 1.165) is 5.56 Å². The van der Waals surface area contributed by atoms with E-state index >= 15 is 0 Å². The maximum atomic E-state index is 10.9. The van der Waals surface area contributed by atoms with E-state index in [0.29, 0.717) is 6.54 Å². The van der Waals surface area contributed by atoms with E-state index in [9.17, 15) is 13.6 Å². The van der Waals surface area contributed by atoms with Gasteiger partial charge in [-0.25, -0.2) is 4.79 Å². The molecule has 0 amide bonds. The first-order valence-corrected chi connectivity index (χ1v) is 5.55. The third-order valence-electron chi connectivity index (χ3n) is 1.66. The zero-order chi connectivity index (χ0) is 11.8. The molecule has 0 fully saturated rings. The van der Waals surface area contributed by atoms with Gasteiger partial charge < -0.3 is 14.7 Å². The fourth-order valence-electron chi connectivity index (χ4n) is 1.02. The molecule has 0 saturated carbocycles. The van der Waals surface area contributed by atoms with Gasteiger partial charge in [0.15, 0.2) is 0 Å². The Balaban J connectivity index is 2.16. The Morgan fingerprint density at radius 2 is 2.06 bits per heavy atom. The van der Waals surface area contributed by atoms with Gasteiger partial charge in [-0.2, -0.15) is 0 Å². The average Bonchev–Trinajstić information content (AvgIpc) is 2.28. The largest absolute Gasteiger partial charge is 0.758 e. The molecule has 7 heteroatoms. The van der Waals surface area contributed by atoms with Crippen LogP contribution in [-0.2, 0) is 27.4 Å². The summed E-state index contributed by atoms with van der Waals surface area (Å²) < 4.78 is 20.0. The average molecular weight is 243 g/mol. The molecule has 0 aromatic heterocycles. The van der Waals surface area contributed by atoms with E-state index < -0.39 is 17.2 Å². The van der Waals surface area contributed by atoms with E-state index in [1.807, 2.05) is 30.3 Å².